The standard InChI is InChI=1S/C11H11ClO2S2/c1-3-6-9-7(5-8(12)16-9)15-10(6)11(13)14-4-2/h5H,3-4H2,1-2H3. The minimum absolute atomic E-state index is 0.219. The van der Waals surface area contributed by atoms with Crippen LogP contribution >= 0.6 is 34.3 Å². The molecule has 0 unspecified atom stereocenters. The summed E-state index contributed by atoms with van der Waals surface area (Å²) in [6, 6.07) is 1.91. The monoisotopic (exact) mass is 274 g/mol. The first-order chi connectivity index (χ1) is 7.67. The molecule has 16 heavy (non-hydrogen) atoms. The molecule has 0 spiro atoms. The van der Waals surface area contributed by atoms with E-state index in [1.165, 1.54) is 22.7 Å². The van der Waals surface area contributed by atoms with Crippen molar-refractivity contribution in [1.82, 2.24) is 0 Å². The van der Waals surface area contributed by atoms with Gasteiger partial charge in [0.1, 0.15) is 4.88 Å². The summed E-state index contributed by atoms with van der Waals surface area (Å²) in [7, 11) is 0. The van der Waals surface area contributed by atoms with Crippen molar-refractivity contribution in [3.63, 3.8) is 0 Å². The Kier molecular flexibility index (Phi) is 3.52. The van der Waals surface area contributed by atoms with Crippen LogP contribution in [0, 0.1) is 0 Å². The fourth-order valence-corrected chi connectivity index (χ4v) is 4.41. The van der Waals surface area contributed by atoms with E-state index >= 15 is 0 Å². The van der Waals surface area contributed by atoms with E-state index in [9.17, 15) is 4.79 Å². The quantitative estimate of drug-likeness (QED) is 0.778. The highest BCUT2D eigenvalue weighted by Gasteiger charge is 2.19. The van der Waals surface area contributed by atoms with Gasteiger partial charge < -0.3 is 4.74 Å². The Balaban J connectivity index is 2.53. The summed E-state index contributed by atoms with van der Waals surface area (Å²) in [6.45, 7) is 4.27. The summed E-state index contributed by atoms with van der Waals surface area (Å²) in [4.78, 5) is 12.5. The minimum Gasteiger partial charge on any atom is -0.462 e. The topological polar surface area (TPSA) is 26.3 Å². The van der Waals surface area contributed by atoms with Crippen LogP contribution in [-0.4, -0.2) is 12.6 Å². The molecular formula is C11H11ClO2S2. The number of thiophene rings is 2. The lowest BCUT2D eigenvalue weighted by atomic mass is 10.2. The van der Waals surface area contributed by atoms with Gasteiger partial charge in [0.2, 0.25) is 0 Å². The molecule has 2 heterocycles. The number of halogens is 1. The number of aryl methyl sites for hydroxylation is 1. The van der Waals surface area contributed by atoms with Crippen LogP contribution in [0.15, 0.2) is 6.07 Å². The molecule has 2 aromatic rings. The molecule has 86 valence electrons. The lowest BCUT2D eigenvalue weighted by molar-refractivity contribution is 0.0531. The second kappa shape index (κ2) is 4.73. The third-order valence-electron chi connectivity index (χ3n) is 2.24. The normalized spacial score (nSPS) is 10.9. The van der Waals surface area contributed by atoms with E-state index in [0.29, 0.717) is 6.61 Å². The van der Waals surface area contributed by atoms with Gasteiger partial charge in [0.05, 0.1) is 15.6 Å². The molecule has 0 saturated heterocycles. The van der Waals surface area contributed by atoms with Crippen LogP contribution in [0.2, 0.25) is 4.34 Å². The molecule has 0 aliphatic heterocycles. The molecule has 0 aliphatic rings. The maximum Gasteiger partial charge on any atom is 0.348 e. The maximum atomic E-state index is 11.7. The van der Waals surface area contributed by atoms with E-state index in [0.717, 1.165) is 30.6 Å². The Hall–Kier alpha value is -0.580. The number of rotatable bonds is 3. The molecule has 0 aliphatic carbocycles. The maximum absolute atomic E-state index is 11.7. The number of carbonyl (C=O) groups is 1. The summed E-state index contributed by atoms with van der Waals surface area (Å²) >= 11 is 8.95. The van der Waals surface area contributed by atoms with Gasteiger partial charge in [-0.3, -0.25) is 0 Å². The van der Waals surface area contributed by atoms with Gasteiger partial charge in [0, 0.05) is 4.70 Å². The summed E-state index contributed by atoms with van der Waals surface area (Å²) in [6.07, 6.45) is 0.824. The Morgan fingerprint density at radius 3 is 2.81 bits per heavy atom. The minimum atomic E-state index is -0.219. The van der Waals surface area contributed by atoms with Gasteiger partial charge >= 0.3 is 5.97 Å². The predicted octanol–water partition coefficient (Wildman–Crippen LogP) is 4.36. The Morgan fingerprint density at radius 2 is 2.19 bits per heavy atom. The molecule has 0 amide bonds. The second-order valence-electron chi connectivity index (χ2n) is 3.23. The van der Waals surface area contributed by atoms with Crippen molar-refractivity contribution in [2.45, 2.75) is 20.3 Å². The summed E-state index contributed by atoms with van der Waals surface area (Å²) in [5.74, 6) is -0.219. The molecular weight excluding hydrogens is 264 g/mol. The number of hydrogen-bond acceptors (Lipinski definition) is 4. The molecule has 5 heteroatoms. The molecule has 0 N–H and O–H groups in total. The van der Waals surface area contributed by atoms with Gasteiger partial charge in [0.25, 0.3) is 0 Å². The highest BCUT2D eigenvalue weighted by molar-refractivity contribution is 7.30. The summed E-state index contributed by atoms with van der Waals surface area (Å²) < 4.78 is 8.02. The Bertz CT molecular complexity index is 527. The van der Waals surface area contributed by atoms with E-state index < -0.39 is 0 Å². The summed E-state index contributed by atoms with van der Waals surface area (Å²) in [5.41, 5.74) is 1.07. The van der Waals surface area contributed by atoms with Crippen molar-refractivity contribution in [2.24, 2.45) is 0 Å². The van der Waals surface area contributed by atoms with Crippen LogP contribution < -0.4 is 0 Å². The third kappa shape index (κ3) is 1.97. The zero-order valence-corrected chi connectivity index (χ0v) is 11.4. The molecule has 0 radical (unpaired) electrons. The van der Waals surface area contributed by atoms with E-state index in [2.05, 4.69) is 0 Å². The Labute approximate surface area is 107 Å². The van der Waals surface area contributed by atoms with E-state index in [4.69, 9.17) is 16.3 Å². The van der Waals surface area contributed by atoms with Crippen molar-refractivity contribution in [3.05, 3.63) is 20.8 Å². The average Bonchev–Trinajstić information content (AvgIpc) is 2.73. The lowest BCUT2D eigenvalue weighted by Gasteiger charge is -2.01. The second-order valence-corrected chi connectivity index (χ2v) is 5.96. The molecule has 2 rings (SSSR count). The van der Waals surface area contributed by atoms with Crippen LogP contribution in [0.25, 0.3) is 9.40 Å². The number of hydrogen-bond donors (Lipinski definition) is 0. The van der Waals surface area contributed by atoms with E-state index in [-0.39, 0.29) is 5.97 Å². The van der Waals surface area contributed by atoms with Gasteiger partial charge in [-0.1, -0.05) is 18.5 Å². The van der Waals surface area contributed by atoms with Crippen molar-refractivity contribution in [3.8, 4) is 0 Å². The highest BCUT2D eigenvalue weighted by Crippen LogP contribution is 2.40. The van der Waals surface area contributed by atoms with Crippen molar-refractivity contribution >= 4 is 49.6 Å². The van der Waals surface area contributed by atoms with Crippen LogP contribution in [0.3, 0.4) is 0 Å². The number of fused-ring (bicyclic) bond motifs is 1. The lowest BCUT2D eigenvalue weighted by Crippen LogP contribution is -2.04. The highest BCUT2D eigenvalue weighted by atomic mass is 35.5. The van der Waals surface area contributed by atoms with E-state index in [1.54, 1.807) is 0 Å². The van der Waals surface area contributed by atoms with Crippen molar-refractivity contribution in [2.75, 3.05) is 6.61 Å². The SMILES string of the molecule is CCOC(=O)c1sc2cc(Cl)sc2c1CC. The first-order valence-corrected chi connectivity index (χ1v) is 7.06. The fourth-order valence-electron chi connectivity index (χ4n) is 1.59. The molecule has 0 aromatic carbocycles. The number of carbonyl (C=O) groups excluding carboxylic acids is 1. The van der Waals surface area contributed by atoms with Gasteiger partial charge in [-0.2, -0.15) is 0 Å². The van der Waals surface area contributed by atoms with Gasteiger partial charge in [0.15, 0.2) is 0 Å². The molecule has 0 atom stereocenters. The fraction of sp³-hybridized carbons (Fsp3) is 0.364. The van der Waals surface area contributed by atoms with Crippen LogP contribution in [0.1, 0.15) is 29.1 Å². The third-order valence-corrected chi connectivity index (χ3v) is 4.85. The van der Waals surface area contributed by atoms with E-state index in [1.807, 2.05) is 19.9 Å². The van der Waals surface area contributed by atoms with Crippen LogP contribution in [0.4, 0.5) is 0 Å². The molecule has 0 saturated carbocycles. The first-order valence-electron chi connectivity index (χ1n) is 5.05. The van der Waals surface area contributed by atoms with Gasteiger partial charge in [-0.25, -0.2) is 4.79 Å². The summed E-state index contributed by atoms with van der Waals surface area (Å²) in [5, 5.41) is 0. The molecule has 2 nitrogen and oxygen atoms in total. The predicted molar refractivity (Wildman–Crippen MR) is 70.0 cm³/mol. The smallest absolute Gasteiger partial charge is 0.348 e. The average molecular weight is 275 g/mol. The molecule has 0 fully saturated rings. The number of esters is 1. The first kappa shape index (κ1) is 11.9. The largest absolute Gasteiger partial charge is 0.462 e. The van der Waals surface area contributed by atoms with Crippen molar-refractivity contribution in [1.29, 1.82) is 0 Å². The zero-order valence-electron chi connectivity index (χ0n) is 9.00. The van der Waals surface area contributed by atoms with Crippen LogP contribution in [-0.2, 0) is 11.2 Å². The Morgan fingerprint density at radius 1 is 1.44 bits per heavy atom. The zero-order chi connectivity index (χ0) is 11.7. The van der Waals surface area contributed by atoms with Gasteiger partial charge in [-0.15, -0.1) is 22.7 Å². The van der Waals surface area contributed by atoms with Crippen LogP contribution in [0.5, 0.6) is 0 Å². The molecule has 0 bridgehead atoms. The van der Waals surface area contributed by atoms with Gasteiger partial charge in [-0.05, 0) is 25.0 Å². The number of ether oxygens (including phenoxy) is 1. The molecule has 2 aromatic heterocycles. The van der Waals surface area contributed by atoms with Crippen molar-refractivity contribution < 1.29 is 9.53 Å².